The second kappa shape index (κ2) is 7.46. The third kappa shape index (κ3) is 4.45. The van der Waals surface area contributed by atoms with Gasteiger partial charge in [-0.15, -0.1) is 11.3 Å². The summed E-state index contributed by atoms with van der Waals surface area (Å²) in [5.74, 6) is 0. The van der Waals surface area contributed by atoms with Gasteiger partial charge >= 0.3 is 6.03 Å². The molecule has 0 radical (unpaired) electrons. The molecule has 2 amide bonds. The summed E-state index contributed by atoms with van der Waals surface area (Å²) in [4.78, 5) is 19.7. The number of piperidine rings is 1. The van der Waals surface area contributed by atoms with Crippen molar-refractivity contribution in [1.29, 1.82) is 0 Å². The molecule has 1 saturated heterocycles. The zero-order valence-corrected chi connectivity index (χ0v) is 14.1. The summed E-state index contributed by atoms with van der Waals surface area (Å²) in [6, 6.07) is 10.5. The van der Waals surface area contributed by atoms with Crippen molar-refractivity contribution in [3.63, 3.8) is 0 Å². The minimum Gasteiger partial charge on any atom is -0.369 e. The second-order valence-corrected chi connectivity index (χ2v) is 7.11. The number of urea groups is 1. The van der Waals surface area contributed by atoms with E-state index in [9.17, 15) is 4.79 Å². The van der Waals surface area contributed by atoms with Gasteiger partial charge in [-0.05, 0) is 31.9 Å². The fourth-order valence-electron chi connectivity index (χ4n) is 2.86. The quantitative estimate of drug-likeness (QED) is 0.906. The van der Waals surface area contributed by atoms with Gasteiger partial charge in [0.05, 0.1) is 11.6 Å². The van der Waals surface area contributed by atoms with Crippen molar-refractivity contribution in [1.82, 2.24) is 15.6 Å². The standard InChI is InChI=1S/C17H22N4OS/c1-13-18-10-16(23-13)11-19-17(22)20-14-6-5-9-21(12-14)15-7-3-2-4-8-15/h2-4,7-8,10,14H,5-6,9,11-12H2,1H3,(H2,19,20,22)/t14-/m1/s1. The Labute approximate surface area is 140 Å². The van der Waals surface area contributed by atoms with E-state index >= 15 is 0 Å². The second-order valence-electron chi connectivity index (χ2n) is 5.79. The molecule has 5 nitrogen and oxygen atoms in total. The summed E-state index contributed by atoms with van der Waals surface area (Å²) in [6.45, 7) is 4.40. The van der Waals surface area contributed by atoms with Crippen molar-refractivity contribution in [3.8, 4) is 0 Å². The topological polar surface area (TPSA) is 57.3 Å². The first-order valence-corrected chi connectivity index (χ1v) is 8.78. The predicted molar refractivity (Wildman–Crippen MR) is 93.9 cm³/mol. The van der Waals surface area contributed by atoms with Crippen LogP contribution in [0.25, 0.3) is 0 Å². The van der Waals surface area contributed by atoms with E-state index in [1.165, 1.54) is 5.69 Å². The van der Waals surface area contributed by atoms with E-state index in [0.717, 1.165) is 35.8 Å². The number of amides is 2. The molecule has 0 unspecified atom stereocenters. The molecule has 1 aromatic carbocycles. The highest BCUT2D eigenvalue weighted by Crippen LogP contribution is 2.19. The van der Waals surface area contributed by atoms with Crippen molar-refractivity contribution in [3.05, 3.63) is 46.4 Å². The van der Waals surface area contributed by atoms with Crippen LogP contribution in [0, 0.1) is 6.92 Å². The molecule has 2 heterocycles. The Bertz CT molecular complexity index is 643. The summed E-state index contributed by atoms with van der Waals surface area (Å²) in [5, 5.41) is 7.03. The first-order valence-electron chi connectivity index (χ1n) is 7.96. The Balaban J connectivity index is 1.48. The number of benzene rings is 1. The lowest BCUT2D eigenvalue weighted by Gasteiger charge is -2.34. The normalized spacial score (nSPS) is 17.8. The molecule has 1 fully saturated rings. The SMILES string of the molecule is Cc1ncc(CNC(=O)N[C@@H]2CCCN(c3ccccc3)C2)s1. The Morgan fingerprint density at radius 2 is 2.22 bits per heavy atom. The van der Waals surface area contributed by atoms with Gasteiger partial charge in [0, 0.05) is 35.9 Å². The van der Waals surface area contributed by atoms with Crippen molar-refractivity contribution in [2.75, 3.05) is 18.0 Å². The van der Waals surface area contributed by atoms with Gasteiger partial charge in [-0.1, -0.05) is 18.2 Å². The fraction of sp³-hybridized carbons (Fsp3) is 0.412. The van der Waals surface area contributed by atoms with Crippen LogP contribution in [0.4, 0.5) is 10.5 Å². The lowest BCUT2D eigenvalue weighted by molar-refractivity contribution is 0.234. The Morgan fingerprint density at radius 1 is 1.39 bits per heavy atom. The molecule has 1 aliphatic heterocycles. The third-order valence-corrected chi connectivity index (χ3v) is 4.88. The van der Waals surface area contributed by atoms with Gasteiger partial charge in [0.1, 0.15) is 0 Å². The highest BCUT2D eigenvalue weighted by Gasteiger charge is 2.21. The van der Waals surface area contributed by atoms with E-state index in [1.54, 1.807) is 11.3 Å². The number of aromatic nitrogens is 1. The molecule has 2 N–H and O–H groups in total. The van der Waals surface area contributed by atoms with Gasteiger partial charge in [0.2, 0.25) is 0 Å². The van der Waals surface area contributed by atoms with Crippen LogP contribution >= 0.6 is 11.3 Å². The van der Waals surface area contributed by atoms with Crippen molar-refractivity contribution < 1.29 is 4.79 Å². The highest BCUT2D eigenvalue weighted by molar-refractivity contribution is 7.11. The number of aryl methyl sites for hydroxylation is 1. The van der Waals surface area contributed by atoms with E-state index in [2.05, 4.69) is 44.8 Å². The van der Waals surface area contributed by atoms with Crippen molar-refractivity contribution in [2.45, 2.75) is 32.4 Å². The van der Waals surface area contributed by atoms with Crippen molar-refractivity contribution in [2.24, 2.45) is 0 Å². The molecule has 6 heteroatoms. The van der Waals surface area contributed by atoms with Gasteiger partial charge < -0.3 is 15.5 Å². The first kappa shape index (κ1) is 15.8. The smallest absolute Gasteiger partial charge is 0.315 e. The molecule has 1 aromatic heterocycles. The van der Waals surface area contributed by atoms with Crippen LogP contribution in [0.5, 0.6) is 0 Å². The van der Waals surface area contributed by atoms with Crippen LogP contribution in [-0.2, 0) is 6.54 Å². The average Bonchev–Trinajstić information content (AvgIpc) is 3.00. The fourth-order valence-corrected chi connectivity index (χ4v) is 3.59. The van der Waals surface area contributed by atoms with Gasteiger partial charge in [-0.2, -0.15) is 0 Å². The highest BCUT2D eigenvalue weighted by atomic mass is 32.1. The number of hydrogen-bond donors (Lipinski definition) is 2. The maximum absolute atomic E-state index is 12.1. The largest absolute Gasteiger partial charge is 0.369 e. The third-order valence-electron chi connectivity index (χ3n) is 3.97. The van der Waals surface area contributed by atoms with Crippen LogP contribution in [0.3, 0.4) is 0 Å². The lowest BCUT2D eigenvalue weighted by Crippen LogP contribution is -2.50. The van der Waals surface area contributed by atoms with Crippen LogP contribution in [-0.4, -0.2) is 30.1 Å². The van der Waals surface area contributed by atoms with E-state index < -0.39 is 0 Å². The number of rotatable bonds is 4. The zero-order chi connectivity index (χ0) is 16.1. The molecule has 0 aliphatic carbocycles. The molecule has 0 bridgehead atoms. The van der Waals surface area contributed by atoms with Crippen LogP contribution in [0.1, 0.15) is 22.7 Å². The van der Waals surface area contributed by atoms with Gasteiger partial charge in [-0.3, -0.25) is 0 Å². The molecule has 2 aromatic rings. The number of carbonyl (C=O) groups excluding carboxylic acids is 1. The van der Waals surface area contributed by atoms with Crippen molar-refractivity contribution >= 4 is 23.1 Å². The molecule has 1 aliphatic rings. The number of anilines is 1. The number of thiazole rings is 1. The van der Waals surface area contributed by atoms with E-state index in [4.69, 9.17) is 0 Å². The van der Waals surface area contributed by atoms with E-state index in [1.807, 2.05) is 19.2 Å². The van der Waals surface area contributed by atoms with Crippen LogP contribution in [0.2, 0.25) is 0 Å². The van der Waals surface area contributed by atoms with Crippen LogP contribution in [0.15, 0.2) is 36.5 Å². The van der Waals surface area contributed by atoms with Gasteiger partial charge in [0.25, 0.3) is 0 Å². The summed E-state index contributed by atoms with van der Waals surface area (Å²) < 4.78 is 0. The van der Waals surface area contributed by atoms with Gasteiger partial charge in [0.15, 0.2) is 0 Å². The summed E-state index contributed by atoms with van der Waals surface area (Å²) in [5.41, 5.74) is 1.22. The molecule has 3 rings (SSSR count). The lowest BCUT2D eigenvalue weighted by atomic mass is 10.1. The van der Waals surface area contributed by atoms with Gasteiger partial charge in [-0.25, -0.2) is 9.78 Å². The van der Waals surface area contributed by atoms with E-state index in [0.29, 0.717) is 6.54 Å². The monoisotopic (exact) mass is 330 g/mol. The maximum atomic E-state index is 12.1. The number of nitrogens with one attached hydrogen (secondary N) is 2. The minimum atomic E-state index is -0.101. The van der Waals surface area contributed by atoms with E-state index in [-0.39, 0.29) is 12.1 Å². The summed E-state index contributed by atoms with van der Waals surface area (Å²) >= 11 is 1.61. The number of nitrogens with zero attached hydrogens (tertiary/aromatic N) is 2. The Kier molecular flexibility index (Phi) is 5.12. The number of hydrogen-bond acceptors (Lipinski definition) is 4. The predicted octanol–water partition coefficient (Wildman–Crippen LogP) is 2.92. The Hall–Kier alpha value is -2.08. The molecule has 1 atom stereocenters. The molecule has 122 valence electrons. The van der Waals surface area contributed by atoms with Crippen LogP contribution < -0.4 is 15.5 Å². The summed E-state index contributed by atoms with van der Waals surface area (Å²) in [7, 11) is 0. The molecule has 0 spiro atoms. The number of carbonyl (C=O) groups is 1. The summed E-state index contributed by atoms with van der Waals surface area (Å²) in [6.07, 6.45) is 3.93. The molecular weight excluding hydrogens is 308 g/mol. The minimum absolute atomic E-state index is 0.101. The molecule has 0 saturated carbocycles. The Morgan fingerprint density at radius 3 is 2.96 bits per heavy atom. The average molecular weight is 330 g/mol. The maximum Gasteiger partial charge on any atom is 0.315 e. The first-order chi connectivity index (χ1) is 11.2. The molecule has 23 heavy (non-hydrogen) atoms. The molecular formula is C17H22N4OS. The number of para-hydroxylation sites is 1. The zero-order valence-electron chi connectivity index (χ0n) is 13.3.